The van der Waals surface area contributed by atoms with E-state index in [1.807, 2.05) is 66.7 Å². The van der Waals surface area contributed by atoms with Crippen molar-refractivity contribution in [2.75, 3.05) is 10.7 Å². The lowest BCUT2D eigenvalue weighted by molar-refractivity contribution is -0.115. The summed E-state index contributed by atoms with van der Waals surface area (Å²) in [5.41, 5.74) is 5.98. The van der Waals surface area contributed by atoms with Crippen LogP contribution in [0.15, 0.2) is 83.0 Å². The first kappa shape index (κ1) is 27.4. The monoisotopic (exact) mass is 579 g/mol. The largest absolute Gasteiger partial charge is 0.508 e. The van der Waals surface area contributed by atoms with Gasteiger partial charge in [-0.3, -0.25) is 9.69 Å². The van der Waals surface area contributed by atoms with Crippen molar-refractivity contribution < 1.29 is 15.0 Å². The SMILES string of the molecule is C[C@]12CC[C@@H]3c4cc(C/C(=N\N=C5\SCC(=O)N5c5ccccc5)c5ccccc5)c(O)cc4CC[C@H]3[C@@H]1CC[C@@H]2O. The highest BCUT2D eigenvalue weighted by molar-refractivity contribution is 8.15. The van der Waals surface area contributed by atoms with Crippen molar-refractivity contribution >= 4 is 34.2 Å². The normalized spacial score (nSPS) is 29.9. The number of aliphatic hydroxyl groups excluding tert-OH is 1. The lowest BCUT2D eigenvalue weighted by Gasteiger charge is -2.50. The molecule has 1 aliphatic heterocycles. The van der Waals surface area contributed by atoms with Crippen molar-refractivity contribution in [3.05, 3.63) is 95.1 Å². The van der Waals surface area contributed by atoms with E-state index in [1.165, 1.54) is 22.9 Å². The van der Waals surface area contributed by atoms with Crippen LogP contribution in [0, 0.1) is 17.3 Å². The Morgan fingerprint density at radius 2 is 1.79 bits per heavy atom. The maximum atomic E-state index is 12.7. The Morgan fingerprint density at radius 3 is 2.57 bits per heavy atom. The molecule has 6 nitrogen and oxygen atoms in total. The number of phenolic OH excluding ortho intramolecular Hbond substituents is 1. The van der Waals surface area contributed by atoms with Gasteiger partial charge in [0.25, 0.3) is 0 Å². The molecule has 7 heteroatoms. The first-order valence-corrected chi connectivity index (χ1v) is 16.1. The average Bonchev–Trinajstić information content (AvgIpc) is 3.54. The molecular weight excluding hydrogens is 542 g/mol. The van der Waals surface area contributed by atoms with Crippen molar-refractivity contribution in [3.63, 3.8) is 0 Å². The lowest BCUT2D eigenvalue weighted by atomic mass is 9.55. The smallest absolute Gasteiger partial charge is 0.243 e. The van der Waals surface area contributed by atoms with Crippen LogP contribution in [-0.2, 0) is 17.6 Å². The van der Waals surface area contributed by atoms with Crippen molar-refractivity contribution in [1.29, 1.82) is 0 Å². The predicted molar refractivity (Wildman–Crippen MR) is 169 cm³/mol. The molecular formula is C35H37N3O3S. The number of hydrogen-bond acceptors (Lipinski definition) is 6. The van der Waals surface area contributed by atoms with Crippen LogP contribution in [0.25, 0.3) is 0 Å². The van der Waals surface area contributed by atoms with Gasteiger partial charge in [-0.05, 0) is 96.6 Å². The van der Waals surface area contributed by atoms with Crippen LogP contribution in [0.1, 0.15) is 67.2 Å². The molecule has 0 radical (unpaired) electrons. The number of thioether (sulfide) groups is 1. The highest BCUT2D eigenvalue weighted by atomic mass is 32.2. The number of aryl methyl sites for hydroxylation is 1. The van der Waals surface area contributed by atoms with E-state index < -0.39 is 0 Å². The van der Waals surface area contributed by atoms with Crippen LogP contribution in [0.5, 0.6) is 5.75 Å². The molecule has 216 valence electrons. The van der Waals surface area contributed by atoms with E-state index in [0.717, 1.165) is 61.1 Å². The number of benzene rings is 3. The summed E-state index contributed by atoms with van der Waals surface area (Å²) in [6.07, 6.45) is 6.53. The van der Waals surface area contributed by atoms with E-state index in [2.05, 4.69) is 18.1 Å². The maximum absolute atomic E-state index is 12.7. The van der Waals surface area contributed by atoms with Crippen LogP contribution in [-0.4, -0.2) is 38.9 Å². The van der Waals surface area contributed by atoms with Gasteiger partial charge in [-0.15, -0.1) is 5.10 Å². The summed E-state index contributed by atoms with van der Waals surface area (Å²) >= 11 is 1.39. The summed E-state index contributed by atoms with van der Waals surface area (Å²) < 4.78 is 0. The molecule has 0 unspecified atom stereocenters. The minimum atomic E-state index is -0.183. The fourth-order valence-electron chi connectivity index (χ4n) is 8.15. The Kier molecular flexibility index (Phi) is 7.19. The highest BCUT2D eigenvalue weighted by Gasteiger charge is 2.54. The molecule has 3 aromatic carbocycles. The van der Waals surface area contributed by atoms with Crippen LogP contribution in [0.4, 0.5) is 5.69 Å². The number of aliphatic hydroxyl groups is 1. The first-order valence-electron chi connectivity index (χ1n) is 15.2. The van der Waals surface area contributed by atoms with Crippen LogP contribution in [0.3, 0.4) is 0 Å². The van der Waals surface area contributed by atoms with E-state index in [-0.39, 0.29) is 17.4 Å². The summed E-state index contributed by atoms with van der Waals surface area (Å²) in [5, 5.41) is 31.9. The van der Waals surface area contributed by atoms with E-state index in [1.54, 1.807) is 4.90 Å². The number of amides is 1. The second kappa shape index (κ2) is 11.0. The number of rotatable bonds is 5. The molecule has 42 heavy (non-hydrogen) atoms. The number of nitrogens with zero attached hydrogens (tertiary/aromatic N) is 3. The minimum Gasteiger partial charge on any atom is -0.508 e. The zero-order valence-electron chi connectivity index (χ0n) is 23.9. The zero-order chi connectivity index (χ0) is 28.8. The Balaban J connectivity index is 1.22. The second-order valence-electron chi connectivity index (χ2n) is 12.6. The van der Waals surface area contributed by atoms with Gasteiger partial charge in [-0.1, -0.05) is 73.3 Å². The van der Waals surface area contributed by atoms with Gasteiger partial charge in [0.05, 0.1) is 23.3 Å². The molecule has 1 amide bonds. The lowest BCUT2D eigenvalue weighted by Crippen LogP contribution is -2.43. The Hall–Kier alpha value is -3.42. The molecule has 0 bridgehead atoms. The van der Waals surface area contributed by atoms with Crippen LogP contribution >= 0.6 is 11.8 Å². The third kappa shape index (κ3) is 4.77. The average molecular weight is 580 g/mol. The molecule has 1 heterocycles. The zero-order valence-corrected chi connectivity index (χ0v) is 24.8. The van der Waals surface area contributed by atoms with Gasteiger partial charge >= 0.3 is 0 Å². The number of phenols is 1. The maximum Gasteiger partial charge on any atom is 0.243 e. The van der Waals surface area contributed by atoms with E-state index in [0.29, 0.717) is 40.8 Å². The van der Waals surface area contributed by atoms with Crippen LogP contribution in [0.2, 0.25) is 0 Å². The molecule has 0 spiro atoms. The second-order valence-corrected chi connectivity index (χ2v) is 13.5. The molecule has 1 saturated heterocycles. The number of carbonyl (C=O) groups is 1. The molecule has 3 aliphatic carbocycles. The third-order valence-electron chi connectivity index (χ3n) is 10.4. The highest BCUT2D eigenvalue weighted by Crippen LogP contribution is 2.61. The molecule has 2 saturated carbocycles. The van der Waals surface area contributed by atoms with Crippen molar-refractivity contribution in [2.45, 2.75) is 63.9 Å². The standard InChI is InChI=1S/C35H37N3O3S/c1-35-17-16-26-27(29(35)14-15-32(35)40)13-12-23-20-31(39)24(18-28(23)26)19-30(22-8-4-2-5-9-22)36-37-34-38(33(41)21-42-34)25-10-6-3-7-11-25/h2-11,18,20,26-27,29,32,39-40H,12-17,19,21H2,1H3/b36-30+,37-34+/t26-,27+,29-,32-,35-/m0/s1. The van der Waals surface area contributed by atoms with Gasteiger partial charge in [0.1, 0.15) is 5.75 Å². The van der Waals surface area contributed by atoms with Crippen molar-refractivity contribution in [3.8, 4) is 5.75 Å². The number of aromatic hydroxyl groups is 1. The number of amidine groups is 1. The quantitative estimate of drug-likeness (QED) is 0.260. The molecule has 5 atom stereocenters. The topological polar surface area (TPSA) is 85.5 Å². The van der Waals surface area contributed by atoms with Crippen molar-refractivity contribution in [2.24, 2.45) is 27.5 Å². The van der Waals surface area contributed by atoms with E-state index in [4.69, 9.17) is 5.10 Å². The summed E-state index contributed by atoms with van der Waals surface area (Å²) in [4.78, 5) is 14.4. The van der Waals surface area contributed by atoms with Gasteiger partial charge in [0.2, 0.25) is 5.91 Å². The summed E-state index contributed by atoms with van der Waals surface area (Å²) in [6, 6.07) is 23.7. The van der Waals surface area contributed by atoms with Gasteiger partial charge < -0.3 is 10.2 Å². The fourth-order valence-corrected chi connectivity index (χ4v) is 8.96. The molecule has 4 aliphatic rings. The Labute approximate surface area is 251 Å². The molecule has 0 aromatic heterocycles. The Morgan fingerprint density at radius 1 is 1.02 bits per heavy atom. The number of para-hydroxylation sites is 1. The number of hydrogen-bond donors (Lipinski definition) is 2. The van der Waals surface area contributed by atoms with E-state index in [9.17, 15) is 15.0 Å². The van der Waals surface area contributed by atoms with Crippen molar-refractivity contribution in [1.82, 2.24) is 0 Å². The summed E-state index contributed by atoms with van der Waals surface area (Å²) in [5.74, 6) is 2.23. The molecule has 2 N–H and O–H groups in total. The van der Waals surface area contributed by atoms with Gasteiger partial charge in [0, 0.05) is 12.0 Å². The molecule has 3 aromatic rings. The summed E-state index contributed by atoms with van der Waals surface area (Å²) in [7, 11) is 0. The number of carbonyl (C=O) groups excluding carboxylic acids is 1. The predicted octanol–water partition coefficient (Wildman–Crippen LogP) is 6.69. The van der Waals surface area contributed by atoms with Gasteiger partial charge in [-0.2, -0.15) is 5.10 Å². The third-order valence-corrected chi connectivity index (χ3v) is 11.3. The van der Waals surface area contributed by atoms with Gasteiger partial charge in [0.15, 0.2) is 5.17 Å². The molecule has 3 fully saturated rings. The Bertz CT molecular complexity index is 1560. The van der Waals surface area contributed by atoms with E-state index >= 15 is 0 Å². The van der Waals surface area contributed by atoms with Gasteiger partial charge in [-0.25, -0.2) is 0 Å². The molecule has 7 rings (SSSR count). The number of anilines is 1. The summed E-state index contributed by atoms with van der Waals surface area (Å²) in [6.45, 7) is 2.31. The first-order chi connectivity index (χ1) is 20.4. The fraction of sp³-hybridized carbons (Fsp3) is 0.400. The minimum absolute atomic E-state index is 0.0124. The number of fused-ring (bicyclic) bond motifs is 5. The van der Waals surface area contributed by atoms with Crippen LogP contribution < -0.4 is 4.90 Å².